The van der Waals surface area contributed by atoms with Crippen molar-refractivity contribution in [2.24, 2.45) is 5.92 Å². The van der Waals surface area contributed by atoms with Crippen molar-refractivity contribution in [2.45, 2.75) is 31.7 Å². The average molecular weight is 442 g/mol. The minimum absolute atomic E-state index is 0.00410. The lowest BCUT2D eigenvalue weighted by Crippen LogP contribution is -2.38. The van der Waals surface area contributed by atoms with Crippen LogP contribution in [-0.2, 0) is 16.0 Å². The van der Waals surface area contributed by atoms with Crippen molar-refractivity contribution >= 4 is 23.5 Å². The van der Waals surface area contributed by atoms with E-state index in [0.29, 0.717) is 18.9 Å². The van der Waals surface area contributed by atoms with Crippen LogP contribution in [0.1, 0.15) is 24.8 Å². The summed E-state index contributed by atoms with van der Waals surface area (Å²) in [6.07, 6.45) is 4.91. The number of rotatable bonds is 7. The molecule has 1 saturated heterocycles. The number of benzene rings is 2. The first-order valence-electron chi connectivity index (χ1n) is 11.5. The quantitative estimate of drug-likeness (QED) is 0.587. The van der Waals surface area contributed by atoms with Crippen LogP contribution in [0, 0.1) is 5.92 Å². The highest BCUT2D eigenvalue weighted by atomic mass is 16.2. The molecule has 2 amide bonds. The Hall–Kier alpha value is -3.74. The summed E-state index contributed by atoms with van der Waals surface area (Å²) < 4.78 is 0. The maximum Gasteiger partial charge on any atom is 0.227 e. The van der Waals surface area contributed by atoms with Crippen LogP contribution in [0.3, 0.4) is 0 Å². The summed E-state index contributed by atoms with van der Waals surface area (Å²) in [6, 6.07) is 19.5. The van der Waals surface area contributed by atoms with E-state index in [0.717, 1.165) is 48.3 Å². The van der Waals surface area contributed by atoms with Gasteiger partial charge in [-0.3, -0.25) is 9.59 Å². The van der Waals surface area contributed by atoms with Crippen LogP contribution in [0.25, 0.3) is 11.3 Å². The van der Waals surface area contributed by atoms with E-state index in [1.807, 2.05) is 60.7 Å². The topological polar surface area (TPSA) is 87.2 Å². The zero-order valence-electron chi connectivity index (χ0n) is 18.4. The number of amides is 2. The molecular formula is C26H27N5O2. The lowest BCUT2D eigenvalue weighted by atomic mass is 10.1. The van der Waals surface area contributed by atoms with Gasteiger partial charge in [-0.1, -0.05) is 42.5 Å². The van der Waals surface area contributed by atoms with Crippen LogP contribution in [0.15, 0.2) is 66.9 Å². The fourth-order valence-electron chi connectivity index (χ4n) is 4.09. The molecule has 2 N–H and O–H groups in total. The fourth-order valence-corrected chi connectivity index (χ4v) is 4.09. The molecule has 7 nitrogen and oxygen atoms in total. The normalized spacial score (nSPS) is 17.6. The molecule has 5 rings (SSSR count). The fraction of sp³-hybridized carbons (Fsp3) is 0.308. The molecule has 3 aromatic rings. The molecule has 1 saturated carbocycles. The van der Waals surface area contributed by atoms with Gasteiger partial charge in [-0.25, -0.2) is 9.97 Å². The molecule has 2 fully saturated rings. The summed E-state index contributed by atoms with van der Waals surface area (Å²) in [4.78, 5) is 35.7. The number of anilines is 2. The molecule has 0 bridgehead atoms. The Morgan fingerprint density at radius 2 is 1.76 bits per heavy atom. The SMILES string of the molecule is O=C(Cc1ccc(NC(=O)C2CC2)cc1)NC1CCN(c2nccc(-c3ccccc3)n2)C1. The predicted octanol–water partition coefficient (Wildman–Crippen LogP) is 3.43. The van der Waals surface area contributed by atoms with Crippen molar-refractivity contribution in [3.63, 3.8) is 0 Å². The summed E-state index contributed by atoms with van der Waals surface area (Å²) in [5, 5.41) is 6.06. The van der Waals surface area contributed by atoms with Gasteiger partial charge in [0.1, 0.15) is 0 Å². The Morgan fingerprint density at radius 1 is 0.970 bits per heavy atom. The zero-order valence-corrected chi connectivity index (χ0v) is 18.4. The average Bonchev–Trinajstić information content (AvgIpc) is 3.60. The third-order valence-electron chi connectivity index (χ3n) is 6.08. The van der Waals surface area contributed by atoms with Crippen molar-refractivity contribution in [2.75, 3.05) is 23.3 Å². The van der Waals surface area contributed by atoms with E-state index < -0.39 is 0 Å². The first-order chi connectivity index (χ1) is 16.1. The molecule has 1 atom stereocenters. The third kappa shape index (κ3) is 5.37. The molecule has 1 aromatic heterocycles. The van der Waals surface area contributed by atoms with Gasteiger partial charge in [-0.05, 0) is 43.0 Å². The standard InChI is InChI=1S/C26H27N5O2/c32-24(16-18-6-10-21(11-7-18)29-25(33)20-8-9-20)28-22-13-15-31(17-22)26-27-14-12-23(30-26)19-4-2-1-3-5-19/h1-7,10-12,14,20,22H,8-9,13,15-17H2,(H,28,32)(H,29,33). The van der Waals surface area contributed by atoms with Crippen LogP contribution in [0.5, 0.6) is 0 Å². The van der Waals surface area contributed by atoms with E-state index in [2.05, 4.69) is 20.5 Å². The highest BCUT2D eigenvalue weighted by Crippen LogP contribution is 2.30. The molecule has 7 heteroatoms. The molecule has 0 spiro atoms. The van der Waals surface area contributed by atoms with Gasteiger partial charge in [0, 0.05) is 42.5 Å². The second-order valence-corrected chi connectivity index (χ2v) is 8.74. The van der Waals surface area contributed by atoms with Gasteiger partial charge in [-0.15, -0.1) is 0 Å². The van der Waals surface area contributed by atoms with Gasteiger partial charge in [0.05, 0.1) is 12.1 Å². The summed E-state index contributed by atoms with van der Waals surface area (Å²) in [6.45, 7) is 1.49. The second-order valence-electron chi connectivity index (χ2n) is 8.74. The number of nitrogens with one attached hydrogen (secondary N) is 2. The molecule has 2 aliphatic rings. The number of hydrogen-bond donors (Lipinski definition) is 2. The highest BCUT2D eigenvalue weighted by molar-refractivity contribution is 5.94. The Morgan fingerprint density at radius 3 is 2.52 bits per heavy atom. The van der Waals surface area contributed by atoms with Gasteiger partial charge in [0.25, 0.3) is 0 Å². The zero-order chi connectivity index (χ0) is 22.6. The first-order valence-corrected chi connectivity index (χ1v) is 11.5. The summed E-state index contributed by atoms with van der Waals surface area (Å²) in [7, 11) is 0. The Bertz CT molecular complexity index is 1130. The Labute approximate surface area is 193 Å². The Balaban J connectivity index is 1.13. The molecule has 168 valence electrons. The van der Waals surface area contributed by atoms with Crippen molar-refractivity contribution < 1.29 is 9.59 Å². The minimum atomic E-state index is -0.00410. The van der Waals surface area contributed by atoms with E-state index in [9.17, 15) is 9.59 Å². The van der Waals surface area contributed by atoms with Crippen LogP contribution in [0.2, 0.25) is 0 Å². The van der Waals surface area contributed by atoms with Crippen LogP contribution in [-0.4, -0.2) is 40.9 Å². The summed E-state index contributed by atoms with van der Waals surface area (Å²) >= 11 is 0. The van der Waals surface area contributed by atoms with Crippen LogP contribution >= 0.6 is 0 Å². The lowest BCUT2D eigenvalue weighted by Gasteiger charge is -2.17. The van der Waals surface area contributed by atoms with Gasteiger partial charge in [-0.2, -0.15) is 0 Å². The number of carbonyl (C=O) groups is 2. The number of aromatic nitrogens is 2. The van der Waals surface area contributed by atoms with Crippen molar-refractivity contribution in [1.82, 2.24) is 15.3 Å². The maximum absolute atomic E-state index is 12.6. The number of hydrogen-bond acceptors (Lipinski definition) is 5. The summed E-state index contributed by atoms with van der Waals surface area (Å²) in [5.74, 6) is 0.949. The van der Waals surface area contributed by atoms with Gasteiger partial charge < -0.3 is 15.5 Å². The Kier molecular flexibility index (Phi) is 6.02. The largest absolute Gasteiger partial charge is 0.351 e. The lowest BCUT2D eigenvalue weighted by molar-refractivity contribution is -0.121. The number of nitrogens with zero attached hydrogens (tertiary/aromatic N) is 3. The molecule has 1 unspecified atom stereocenters. The third-order valence-corrected chi connectivity index (χ3v) is 6.08. The smallest absolute Gasteiger partial charge is 0.227 e. The monoisotopic (exact) mass is 441 g/mol. The van der Waals surface area contributed by atoms with Gasteiger partial charge in [0.2, 0.25) is 17.8 Å². The predicted molar refractivity (Wildman–Crippen MR) is 128 cm³/mol. The second kappa shape index (κ2) is 9.40. The molecule has 33 heavy (non-hydrogen) atoms. The van der Waals surface area contributed by atoms with Crippen LogP contribution in [0.4, 0.5) is 11.6 Å². The minimum Gasteiger partial charge on any atom is -0.351 e. The van der Waals surface area contributed by atoms with Crippen molar-refractivity contribution in [1.29, 1.82) is 0 Å². The highest BCUT2D eigenvalue weighted by Gasteiger charge is 2.29. The molecule has 1 aliphatic carbocycles. The molecule has 2 heterocycles. The van der Waals surface area contributed by atoms with E-state index in [4.69, 9.17) is 4.98 Å². The molecule has 2 aromatic carbocycles. The van der Waals surface area contributed by atoms with Crippen LogP contribution < -0.4 is 15.5 Å². The summed E-state index contributed by atoms with van der Waals surface area (Å²) in [5.41, 5.74) is 3.65. The molecule has 0 radical (unpaired) electrons. The first kappa shape index (κ1) is 21.1. The molecular weight excluding hydrogens is 414 g/mol. The maximum atomic E-state index is 12.6. The van der Waals surface area contributed by atoms with E-state index in [1.54, 1.807) is 6.20 Å². The van der Waals surface area contributed by atoms with E-state index in [-0.39, 0.29) is 23.8 Å². The molecule has 1 aliphatic heterocycles. The van der Waals surface area contributed by atoms with Crippen molar-refractivity contribution in [3.8, 4) is 11.3 Å². The van der Waals surface area contributed by atoms with E-state index >= 15 is 0 Å². The van der Waals surface area contributed by atoms with E-state index in [1.165, 1.54) is 0 Å². The van der Waals surface area contributed by atoms with Crippen molar-refractivity contribution in [3.05, 3.63) is 72.4 Å². The van der Waals surface area contributed by atoms with Gasteiger partial charge in [0.15, 0.2) is 0 Å². The van der Waals surface area contributed by atoms with Gasteiger partial charge >= 0.3 is 0 Å². The number of carbonyl (C=O) groups excluding carboxylic acids is 2.